The summed E-state index contributed by atoms with van der Waals surface area (Å²) in [5.41, 5.74) is 5.89. The molecule has 0 spiro atoms. The van der Waals surface area contributed by atoms with Gasteiger partial charge in [0, 0.05) is 19.6 Å². The molecule has 20 heavy (non-hydrogen) atoms. The summed E-state index contributed by atoms with van der Waals surface area (Å²) in [7, 11) is -2.17. The van der Waals surface area contributed by atoms with Gasteiger partial charge in [-0.05, 0) is 30.5 Å². The zero-order valence-electron chi connectivity index (χ0n) is 11.9. The third-order valence-electron chi connectivity index (χ3n) is 3.14. The highest BCUT2D eigenvalue weighted by Gasteiger charge is 2.21. The van der Waals surface area contributed by atoms with Crippen LogP contribution in [0.1, 0.15) is 20.3 Å². The summed E-state index contributed by atoms with van der Waals surface area (Å²) in [6.45, 7) is 4.30. The topological polar surface area (TPSA) is 63.4 Å². The average Bonchev–Trinajstić information content (AvgIpc) is 2.35. The maximum atomic E-state index is 13.1. The Morgan fingerprint density at radius 2 is 1.95 bits per heavy atom. The lowest BCUT2D eigenvalue weighted by molar-refractivity contribution is 0.397. The molecule has 4 nitrogen and oxygen atoms in total. The molecule has 0 saturated heterocycles. The molecular weight excluding hydrogens is 303 g/mol. The number of nitrogens with two attached hydrogens (primary N) is 1. The predicted octanol–water partition coefficient (Wildman–Crippen LogP) is 2.24. The molecule has 1 rings (SSSR count). The lowest BCUT2D eigenvalue weighted by atomic mass is 10.0. The number of benzene rings is 1. The van der Waals surface area contributed by atoms with Crippen LogP contribution in [0.3, 0.4) is 0 Å². The first-order chi connectivity index (χ1) is 8.75. The van der Waals surface area contributed by atoms with Gasteiger partial charge in [-0.1, -0.05) is 19.9 Å². The predicted molar refractivity (Wildman–Crippen MR) is 80.9 cm³/mol. The number of hydrogen-bond acceptors (Lipinski definition) is 3. The van der Waals surface area contributed by atoms with Gasteiger partial charge in [-0.25, -0.2) is 17.1 Å². The van der Waals surface area contributed by atoms with E-state index in [0.717, 1.165) is 6.07 Å². The second-order valence-electron chi connectivity index (χ2n) is 4.98. The Labute approximate surface area is 126 Å². The molecule has 0 amide bonds. The lowest BCUT2D eigenvalue weighted by Gasteiger charge is -2.21. The fourth-order valence-electron chi connectivity index (χ4n) is 1.59. The van der Waals surface area contributed by atoms with Crippen molar-refractivity contribution in [2.45, 2.75) is 31.2 Å². The van der Waals surface area contributed by atoms with E-state index in [0.29, 0.717) is 18.9 Å². The molecule has 0 radical (unpaired) electrons. The van der Waals surface area contributed by atoms with E-state index in [-0.39, 0.29) is 23.3 Å². The zero-order valence-corrected chi connectivity index (χ0v) is 13.5. The van der Waals surface area contributed by atoms with Crippen molar-refractivity contribution >= 4 is 22.4 Å². The van der Waals surface area contributed by atoms with Crippen LogP contribution in [-0.2, 0) is 10.0 Å². The van der Waals surface area contributed by atoms with Gasteiger partial charge in [0.15, 0.2) is 0 Å². The number of rotatable bonds is 6. The van der Waals surface area contributed by atoms with Crippen LogP contribution in [0.5, 0.6) is 0 Å². The molecule has 0 fully saturated rings. The minimum atomic E-state index is -3.65. The molecule has 0 saturated carbocycles. The standard InChI is InChI=1S/C13H21FN2O2S.ClH/c1-10(2)13(15)7-8-16(3)19(17,18)12-6-4-5-11(14)9-12;/h4-6,9-10,13H,7-8,15H2,1-3H3;1H. The van der Waals surface area contributed by atoms with Gasteiger partial charge in [-0.15, -0.1) is 12.4 Å². The van der Waals surface area contributed by atoms with E-state index in [2.05, 4.69) is 0 Å². The zero-order chi connectivity index (χ0) is 14.6. The Kier molecular flexibility index (Phi) is 7.65. The molecular formula is C13H22ClFN2O2S. The van der Waals surface area contributed by atoms with Gasteiger partial charge in [0.25, 0.3) is 0 Å². The molecule has 1 aromatic carbocycles. The quantitative estimate of drug-likeness (QED) is 0.873. The monoisotopic (exact) mass is 324 g/mol. The van der Waals surface area contributed by atoms with Gasteiger partial charge in [0.1, 0.15) is 5.82 Å². The van der Waals surface area contributed by atoms with Crippen LogP contribution in [0.2, 0.25) is 0 Å². The maximum absolute atomic E-state index is 13.1. The van der Waals surface area contributed by atoms with Crippen molar-refractivity contribution in [1.82, 2.24) is 4.31 Å². The van der Waals surface area contributed by atoms with Gasteiger partial charge in [0.05, 0.1) is 4.90 Å². The molecule has 0 heterocycles. The van der Waals surface area contributed by atoms with Gasteiger partial charge in [0.2, 0.25) is 10.0 Å². The Morgan fingerprint density at radius 3 is 2.45 bits per heavy atom. The van der Waals surface area contributed by atoms with Gasteiger partial charge in [-0.3, -0.25) is 0 Å². The average molecular weight is 325 g/mol. The molecule has 0 aliphatic heterocycles. The van der Waals surface area contributed by atoms with E-state index in [1.807, 2.05) is 13.8 Å². The minimum Gasteiger partial charge on any atom is -0.327 e. The van der Waals surface area contributed by atoms with E-state index < -0.39 is 15.8 Å². The van der Waals surface area contributed by atoms with Crippen molar-refractivity contribution in [1.29, 1.82) is 0 Å². The molecule has 2 N–H and O–H groups in total. The van der Waals surface area contributed by atoms with Crippen molar-refractivity contribution in [2.24, 2.45) is 11.7 Å². The van der Waals surface area contributed by atoms with Gasteiger partial charge < -0.3 is 5.73 Å². The summed E-state index contributed by atoms with van der Waals surface area (Å²) in [4.78, 5) is -0.0341. The first kappa shape index (κ1) is 19.3. The van der Waals surface area contributed by atoms with E-state index in [1.165, 1.54) is 29.6 Å². The summed E-state index contributed by atoms with van der Waals surface area (Å²) in [6.07, 6.45) is 0.572. The van der Waals surface area contributed by atoms with Crippen LogP contribution in [0, 0.1) is 11.7 Å². The Morgan fingerprint density at radius 1 is 1.35 bits per heavy atom. The van der Waals surface area contributed by atoms with E-state index in [9.17, 15) is 12.8 Å². The Bertz CT molecular complexity index is 523. The fraction of sp³-hybridized carbons (Fsp3) is 0.538. The van der Waals surface area contributed by atoms with Crippen LogP contribution in [0.25, 0.3) is 0 Å². The number of hydrogen-bond donors (Lipinski definition) is 1. The van der Waals surface area contributed by atoms with Crippen LogP contribution in [0.4, 0.5) is 4.39 Å². The van der Waals surface area contributed by atoms with Gasteiger partial charge in [-0.2, -0.15) is 0 Å². The molecule has 0 aliphatic carbocycles. The third kappa shape index (κ3) is 5.01. The molecule has 1 unspecified atom stereocenters. The summed E-state index contributed by atoms with van der Waals surface area (Å²) in [5.74, 6) is -0.265. The van der Waals surface area contributed by atoms with Crippen LogP contribution in [0.15, 0.2) is 29.2 Å². The van der Waals surface area contributed by atoms with Crippen molar-refractivity contribution in [2.75, 3.05) is 13.6 Å². The summed E-state index contributed by atoms with van der Waals surface area (Å²) >= 11 is 0. The van der Waals surface area contributed by atoms with Crippen molar-refractivity contribution in [3.8, 4) is 0 Å². The number of halogens is 2. The first-order valence-corrected chi connectivity index (χ1v) is 7.66. The summed E-state index contributed by atoms with van der Waals surface area (Å²) in [5, 5.41) is 0. The number of nitrogens with zero attached hydrogens (tertiary/aromatic N) is 1. The van der Waals surface area contributed by atoms with E-state index in [1.54, 1.807) is 0 Å². The molecule has 7 heteroatoms. The van der Waals surface area contributed by atoms with Crippen LogP contribution in [-0.4, -0.2) is 32.4 Å². The fourth-order valence-corrected chi connectivity index (χ4v) is 2.81. The van der Waals surface area contributed by atoms with Crippen LogP contribution < -0.4 is 5.73 Å². The smallest absolute Gasteiger partial charge is 0.242 e. The van der Waals surface area contributed by atoms with Crippen LogP contribution >= 0.6 is 12.4 Å². The second kappa shape index (κ2) is 7.93. The highest BCUT2D eigenvalue weighted by molar-refractivity contribution is 7.89. The highest BCUT2D eigenvalue weighted by Crippen LogP contribution is 2.16. The minimum absolute atomic E-state index is 0. The second-order valence-corrected chi connectivity index (χ2v) is 7.03. The van der Waals surface area contributed by atoms with Crippen molar-refractivity contribution in [3.63, 3.8) is 0 Å². The molecule has 0 aliphatic rings. The van der Waals surface area contributed by atoms with Gasteiger partial charge >= 0.3 is 0 Å². The normalized spacial score (nSPS) is 13.3. The highest BCUT2D eigenvalue weighted by atomic mass is 35.5. The molecule has 116 valence electrons. The van der Waals surface area contributed by atoms with E-state index in [4.69, 9.17) is 5.73 Å². The number of sulfonamides is 1. The Balaban J connectivity index is 0.00000361. The molecule has 1 aromatic rings. The first-order valence-electron chi connectivity index (χ1n) is 6.22. The summed E-state index contributed by atoms with van der Waals surface area (Å²) < 4.78 is 38.7. The van der Waals surface area contributed by atoms with E-state index >= 15 is 0 Å². The van der Waals surface area contributed by atoms with Crippen molar-refractivity contribution < 1.29 is 12.8 Å². The molecule has 1 atom stereocenters. The summed E-state index contributed by atoms with van der Waals surface area (Å²) in [6, 6.07) is 4.96. The SMILES string of the molecule is CC(C)C(N)CCN(C)S(=O)(=O)c1cccc(F)c1.Cl. The Hall–Kier alpha value is -0.690. The lowest BCUT2D eigenvalue weighted by Crippen LogP contribution is -2.34. The third-order valence-corrected chi connectivity index (χ3v) is 4.99. The largest absolute Gasteiger partial charge is 0.327 e. The molecule has 0 bridgehead atoms. The molecule has 0 aromatic heterocycles. The maximum Gasteiger partial charge on any atom is 0.242 e. The van der Waals surface area contributed by atoms with Crippen molar-refractivity contribution in [3.05, 3.63) is 30.1 Å².